The summed E-state index contributed by atoms with van der Waals surface area (Å²) in [6, 6.07) is 6.50. The van der Waals surface area contributed by atoms with Crippen molar-refractivity contribution in [3.8, 4) is 0 Å². The van der Waals surface area contributed by atoms with Crippen molar-refractivity contribution in [3.05, 3.63) is 29.8 Å². The topological polar surface area (TPSA) is 80.3 Å². The quantitative estimate of drug-likeness (QED) is 0.673. The first-order valence-corrected chi connectivity index (χ1v) is 9.45. The molecule has 1 aromatic rings. The molecule has 4 unspecified atom stereocenters. The van der Waals surface area contributed by atoms with Gasteiger partial charge in [0.15, 0.2) is 0 Å². The average molecular weight is 336 g/mol. The first-order chi connectivity index (χ1) is 11.1. The summed E-state index contributed by atoms with van der Waals surface area (Å²) in [6.07, 6.45) is 5.06. The highest BCUT2D eigenvalue weighted by atomic mass is 32.2. The number of rotatable bonds is 4. The molecule has 4 atom stereocenters. The molecule has 4 rings (SSSR count). The van der Waals surface area contributed by atoms with Gasteiger partial charge in [0.05, 0.1) is 16.7 Å². The molecule has 23 heavy (non-hydrogen) atoms. The first-order valence-electron chi connectivity index (χ1n) is 8.04. The molecule has 2 aliphatic carbocycles. The van der Waals surface area contributed by atoms with Gasteiger partial charge in [-0.05, 0) is 37.8 Å². The van der Waals surface area contributed by atoms with Gasteiger partial charge in [0.25, 0.3) is 0 Å². The lowest BCUT2D eigenvalue weighted by Crippen LogP contribution is -2.27. The lowest BCUT2D eigenvalue weighted by atomic mass is 9.80. The van der Waals surface area contributed by atoms with E-state index in [4.69, 9.17) is 9.02 Å². The average Bonchev–Trinajstić information content (AvgIpc) is 3.27. The minimum atomic E-state index is -3.86. The number of aryl methyl sites for hydroxylation is 1. The Balaban J connectivity index is 1.44. The van der Waals surface area contributed by atoms with Gasteiger partial charge in [-0.25, -0.2) is 0 Å². The molecule has 3 aliphatic rings. The van der Waals surface area contributed by atoms with Crippen molar-refractivity contribution >= 4 is 15.8 Å². The third-order valence-corrected chi connectivity index (χ3v) is 6.21. The third kappa shape index (κ3) is 2.77. The normalized spacial score (nSPS) is 34.0. The fraction of sp³-hybridized carbons (Fsp3) is 0.562. The number of hydrogen-bond donors (Lipinski definition) is 1. The van der Waals surface area contributed by atoms with Crippen LogP contribution in [0.1, 0.15) is 31.2 Å². The van der Waals surface area contributed by atoms with Crippen molar-refractivity contribution in [1.82, 2.24) is 5.59 Å². The Bertz CT molecular complexity index is 729. The van der Waals surface area contributed by atoms with E-state index in [-0.39, 0.29) is 17.1 Å². The highest BCUT2D eigenvalue weighted by Crippen LogP contribution is 2.51. The molecule has 6 nitrogen and oxygen atoms in total. The van der Waals surface area contributed by atoms with Crippen LogP contribution in [0.15, 0.2) is 34.3 Å². The van der Waals surface area contributed by atoms with Gasteiger partial charge >= 0.3 is 10.1 Å². The molecule has 0 amide bonds. The number of ether oxygens (including phenoxy) is 1. The zero-order valence-corrected chi connectivity index (χ0v) is 13.8. The van der Waals surface area contributed by atoms with E-state index in [0.29, 0.717) is 11.8 Å². The Kier molecular flexibility index (Phi) is 3.66. The second-order valence-electron chi connectivity index (χ2n) is 6.55. The number of hydrazone groups is 1. The molecule has 0 radical (unpaired) electrons. The molecule has 1 N–H and O–H groups in total. The van der Waals surface area contributed by atoms with Crippen molar-refractivity contribution < 1.29 is 17.4 Å². The summed E-state index contributed by atoms with van der Waals surface area (Å²) in [5, 5.41) is 4.20. The van der Waals surface area contributed by atoms with Crippen LogP contribution >= 0.6 is 0 Å². The number of fused-ring (bicyclic) bond motifs is 3. The van der Waals surface area contributed by atoms with E-state index >= 15 is 0 Å². The van der Waals surface area contributed by atoms with Crippen LogP contribution in [0.2, 0.25) is 0 Å². The van der Waals surface area contributed by atoms with Crippen LogP contribution in [0, 0.1) is 18.8 Å². The monoisotopic (exact) mass is 336 g/mol. The summed E-state index contributed by atoms with van der Waals surface area (Å²) in [7, 11) is -3.86. The smallest absolute Gasteiger partial charge is 0.318 e. The minimum Gasteiger partial charge on any atom is -0.363 e. The zero-order chi connectivity index (χ0) is 16.0. The van der Waals surface area contributed by atoms with Gasteiger partial charge < -0.3 is 4.74 Å². The number of benzene rings is 1. The van der Waals surface area contributed by atoms with E-state index in [1.54, 1.807) is 12.1 Å². The zero-order valence-electron chi connectivity index (χ0n) is 12.9. The number of nitrogens with one attached hydrogen (secondary N) is 1. The Labute approximate surface area is 135 Å². The predicted octanol–water partition coefficient (Wildman–Crippen LogP) is 2.15. The van der Waals surface area contributed by atoms with Crippen molar-refractivity contribution in [1.29, 1.82) is 0 Å². The van der Waals surface area contributed by atoms with E-state index in [1.807, 2.05) is 6.92 Å². The van der Waals surface area contributed by atoms with Crippen molar-refractivity contribution in [2.75, 3.05) is 0 Å². The van der Waals surface area contributed by atoms with Gasteiger partial charge in [0.1, 0.15) is 6.10 Å². The summed E-state index contributed by atoms with van der Waals surface area (Å²) < 4.78 is 34.7. The van der Waals surface area contributed by atoms with E-state index in [1.165, 1.54) is 31.4 Å². The lowest BCUT2D eigenvalue weighted by Gasteiger charge is -2.26. The number of epoxide rings is 1. The van der Waals surface area contributed by atoms with Crippen LogP contribution in [-0.2, 0) is 19.1 Å². The Morgan fingerprint density at radius 1 is 1.22 bits per heavy atom. The van der Waals surface area contributed by atoms with E-state index in [2.05, 4.69) is 10.7 Å². The van der Waals surface area contributed by atoms with Gasteiger partial charge in [0, 0.05) is 5.92 Å². The fourth-order valence-corrected chi connectivity index (χ4v) is 4.54. The van der Waals surface area contributed by atoms with Crippen LogP contribution in [0.3, 0.4) is 0 Å². The largest absolute Gasteiger partial charge is 0.363 e. The molecule has 2 saturated carbocycles. The summed E-state index contributed by atoms with van der Waals surface area (Å²) in [5.41, 5.74) is 4.20. The van der Waals surface area contributed by atoms with Gasteiger partial charge in [-0.2, -0.15) is 19.1 Å². The van der Waals surface area contributed by atoms with Gasteiger partial charge in [-0.1, -0.05) is 30.5 Å². The SMILES string of the molecule is Cc1ccc(S(=O)(=O)ON/N=C2/C3CCCCC3C3OC23)cc1. The molecule has 1 saturated heterocycles. The number of nitrogens with zero attached hydrogens (tertiary/aromatic N) is 1. The maximum atomic E-state index is 12.1. The predicted molar refractivity (Wildman–Crippen MR) is 84.1 cm³/mol. The molecular weight excluding hydrogens is 316 g/mol. The first kappa shape index (κ1) is 15.1. The summed E-state index contributed by atoms with van der Waals surface area (Å²) in [4.78, 5) is 0.110. The van der Waals surface area contributed by atoms with Crippen molar-refractivity contribution in [2.24, 2.45) is 16.9 Å². The molecule has 1 aliphatic heterocycles. The Hall–Kier alpha value is -1.44. The highest BCUT2D eigenvalue weighted by molar-refractivity contribution is 7.86. The standard InChI is InChI=1S/C16H20N2O4S/c1-10-6-8-11(9-7-10)23(19,20)22-18-17-14-12-4-2-3-5-13(12)15-16(14)21-15/h6-9,12-13,15-16,18H,2-5H2,1H3/b17-14-. The maximum absolute atomic E-state index is 12.1. The summed E-state index contributed by atoms with van der Waals surface area (Å²) in [6.45, 7) is 1.90. The second kappa shape index (κ2) is 5.58. The van der Waals surface area contributed by atoms with Gasteiger partial charge in [-0.3, -0.25) is 0 Å². The van der Waals surface area contributed by atoms with E-state index in [9.17, 15) is 8.42 Å². The van der Waals surface area contributed by atoms with Crippen LogP contribution in [0.25, 0.3) is 0 Å². The Morgan fingerprint density at radius 2 is 1.96 bits per heavy atom. The molecule has 3 fully saturated rings. The molecule has 0 spiro atoms. The Morgan fingerprint density at radius 3 is 2.74 bits per heavy atom. The maximum Gasteiger partial charge on any atom is 0.318 e. The van der Waals surface area contributed by atoms with Crippen LogP contribution in [0.4, 0.5) is 0 Å². The third-order valence-electron chi connectivity index (χ3n) is 5.07. The van der Waals surface area contributed by atoms with Crippen LogP contribution < -0.4 is 5.59 Å². The highest BCUT2D eigenvalue weighted by Gasteiger charge is 2.60. The van der Waals surface area contributed by atoms with Gasteiger partial charge in [0.2, 0.25) is 0 Å². The molecule has 7 heteroatoms. The van der Waals surface area contributed by atoms with Crippen molar-refractivity contribution in [2.45, 2.75) is 49.7 Å². The van der Waals surface area contributed by atoms with Crippen LogP contribution in [-0.4, -0.2) is 26.3 Å². The molecule has 0 bridgehead atoms. The van der Waals surface area contributed by atoms with Crippen molar-refractivity contribution in [3.63, 3.8) is 0 Å². The molecular formula is C16H20N2O4S. The molecule has 1 heterocycles. The lowest BCUT2D eigenvalue weighted by molar-refractivity contribution is 0.196. The molecule has 1 aromatic carbocycles. The summed E-state index contributed by atoms with van der Waals surface area (Å²) >= 11 is 0. The van der Waals surface area contributed by atoms with Gasteiger partial charge in [-0.15, -0.1) is 4.28 Å². The minimum absolute atomic E-state index is 0.0567. The fourth-order valence-electron chi connectivity index (χ4n) is 3.84. The molecule has 0 aromatic heterocycles. The van der Waals surface area contributed by atoms with Crippen LogP contribution in [0.5, 0.6) is 0 Å². The number of hydrogen-bond acceptors (Lipinski definition) is 6. The molecule has 124 valence electrons. The van der Waals surface area contributed by atoms with E-state index in [0.717, 1.165) is 17.7 Å². The second-order valence-corrected chi connectivity index (χ2v) is 8.10. The summed E-state index contributed by atoms with van der Waals surface area (Å²) in [5.74, 6) is 0.952. The van der Waals surface area contributed by atoms with E-state index < -0.39 is 10.1 Å².